The molecule has 8 atom stereocenters. The minimum absolute atomic E-state index is 0.111. The lowest BCUT2D eigenvalue weighted by molar-refractivity contribution is -0.0768. The summed E-state index contributed by atoms with van der Waals surface area (Å²) in [6.45, 7) is 4.64. The summed E-state index contributed by atoms with van der Waals surface area (Å²) in [5.74, 6) is 0. The Balaban J connectivity index is 1.12. The molecule has 0 aromatic carbocycles. The van der Waals surface area contributed by atoms with E-state index in [1.165, 1.54) is 0 Å². The molecule has 182 valence electrons. The molecule has 1 aromatic rings. The van der Waals surface area contributed by atoms with Crippen LogP contribution < -0.4 is 0 Å². The van der Waals surface area contributed by atoms with Crippen LogP contribution in [0.2, 0.25) is 0 Å². The number of ether oxygens (including phenoxy) is 9. The second kappa shape index (κ2) is 10.2. The highest BCUT2D eigenvalue weighted by Gasteiger charge is 2.50. The van der Waals surface area contributed by atoms with E-state index in [1.807, 2.05) is 18.2 Å². The Labute approximate surface area is 192 Å². The molecule has 0 unspecified atom stereocenters. The van der Waals surface area contributed by atoms with E-state index in [4.69, 9.17) is 47.6 Å². The smallest absolute Gasteiger partial charge is 0.115 e. The average molecular weight is 465 g/mol. The molecule has 10 bridgehead atoms. The SMILES string of the molecule is c1cc2nc(c1)CO[C@@H]1CO[C@H]3[C@@H]1OC[C@H]3OCCOCCO[C@@H]1CO[C@H]3[C@@H]1OC[C@H]3OC2. The molecule has 0 N–H and O–H groups in total. The summed E-state index contributed by atoms with van der Waals surface area (Å²) in [6, 6.07) is 5.87. The fourth-order valence-corrected chi connectivity index (χ4v) is 5.12. The van der Waals surface area contributed by atoms with Crippen LogP contribution in [0.15, 0.2) is 18.2 Å². The van der Waals surface area contributed by atoms with Gasteiger partial charge in [-0.3, -0.25) is 4.98 Å². The van der Waals surface area contributed by atoms with E-state index in [2.05, 4.69) is 0 Å². The van der Waals surface area contributed by atoms with E-state index >= 15 is 0 Å². The first kappa shape index (κ1) is 22.3. The number of pyridine rings is 1. The van der Waals surface area contributed by atoms with Crippen LogP contribution in [0, 0.1) is 0 Å². The highest BCUT2D eigenvalue weighted by molar-refractivity contribution is 5.10. The van der Waals surface area contributed by atoms with Gasteiger partial charge in [-0.2, -0.15) is 0 Å². The Kier molecular flexibility index (Phi) is 6.87. The van der Waals surface area contributed by atoms with Crippen molar-refractivity contribution in [3.63, 3.8) is 0 Å². The van der Waals surface area contributed by atoms with Gasteiger partial charge in [-0.1, -0.05) is 6.07 Å². The Morgan fingerprint density at radius 2 is 0.939 bits per heavy atom. The summed E-state index contributed by atoms with van der Waals surface area (Å²) in [7, 11) is 0. The highest BCUT2D eigenvalue weighted by atomic mass is 16.7. The van der Waals surface area contributed by atoms with E-state index in [0.717, 1.165) is 11.4 Å². The first-order valence-corrected chi connectivity index (χ1v) is 11.8. The zero-order valence-electron chi connectivity index (χ0n) is 18.5. The minimum Gasteiger partial charge on any atom is -0.377 e. The molecule has 1 aromatic heterocycles. The van der Waals surface area contributed by atoms with Gasteiger partial charge in [0, 0.05) is 0 Å². The summed E-state index contributed by atoms with van der Waals surface area (Å²) >= 11 is 0. The zero-order valence-corrected chi connectivity index (χ0v) is 18.5. The number of rotatable bonds is 0. The van der Waals surface area contributed by atoms with E-state index in [9.17, 15) is 0 Å². The van der Waals surface area contributed by atoms with Crippen LogP contribution >= 0.6 is 0 Å². The molecule has 10 heteroatoms. The van der Waals surface area contributed by atoms with Crippen molar-refractivity contribution < 1.29 is 42.6 Å². The van der Waals surface area contributed by atoms with Crippen molar-refractivity contribution in [2.24, 2.45) is 0 Å². The monoisotopic (exact) mass is 465 g/mol. The third kappa shape index (κ3) is 4.82. The van der Waals surface area contributed by atoms with Gasteiger partial charge in [0.05, 0.1) is 77.5 Å². The van der Waals surface area contributed by atoms with Crippen molar-refractivity contribution in [2.45, 2.75) is 62.0 Å². The van der Waals surface area contributed by atoms with Crippen molar-refractivity contribution in [2.75, 3.05) is 52.9 Å². The third-order valence-corrected chi connectivity index (χ3v) is 6.80. The molecule has 0 aliphatic carbocycles. The van der Waals surface area contributed by atoms with Gasteiger partial charge in [0.25, 0.3) is 0 Å². The Hall–Kier alpha value is -1.21. The van der Waals surface area contributed by atoms with E-state index in [0.29, 0.717) is 66.1 Å². The number of nitrogens with zero attached hydrogens (tertiary/aromatic N) is 1. The minimum atomic E-state index is -0.142. The van der Waals surface area contributed by atoms with Crippen LogP contribution in [0.5, 0.6) is 0 Å². The van der Waals surface area contributed by atoms with Gasteiger partial charge in [0.1, 0.15) is 48.8 Å². The van der Waals surface area contributed by atoms with Crippen LogP contribution in [-0.2, 0) is 55.8 Å². The molecule has 0 spiro atoms. The van der Waals surface area contributed by atoms with E-state index in [-0.39, 0.29) is 48.8 Å². The third-order valence-electron chi connectivity index (χ3n) is 6.80. The van der Waals surface area contributed by atoms with Gasteiger partial charge in [-0.05, 0) is 12.1 Å². The topological polar surface area (TPSA) is 96.0 Å². The van der Waals surface area contributed by atoms with Gasteiger partial charge >= 0.3 is 0 Å². The number of fused-ring (bicyclic) bond motifs is 2. The van der Waals surface area contributed by atoms with E-state index < -0.39 is 0 Å². The van der Waals surface area contributed by atoms with Crippen molar-refractivity contribution in [3.8, 4) is 0 Å². The molecule has 6 heterocycles. The second-order valence-corrected chi connectivity index (χ2v) is 8.94. The molecular weight excluding hydrogens is 434 g/mol. The molecule has 10 nitrogen and oxygen atoms in total. The lowest BCUT2D eigenvalue weighted by Crippen LogP contribution is -2.35. The fourth-order valence-electron chi connectivity index (χ4n) is 5.12. The van der Waals surface area contributed by atoms with Crippen molar-refractivity contribution in [3.05, 3.63) is 29.6 Å². The summed E-state index contributed by atoms with van der Waals surface area (Å²) in [5.41, 5.74) is 1.69. The predicted octanol–water partition coefficient (Wildman–Crippen LogP) is 0.248. The van der Waals surface area contributed by atoms with Crippen LogP contribution in [0.3, 0.4) is 0 Å². The maximum absolute atomic E-state index is 6.12. The lowest BCUT2D eigenvalue weighted by atomic mass is 10.1. The summed E-state index contributed by atoms with van der Waals surface area (Å²) < 4.78 is 53.6. The van der Waals surface area contributed by atoms with Crippen molar-refractivity contribution in [1.82, 2.24) is 4.98 Å². The average Bonchev–Trinajstić information content (AvgIpc) is 3.59. The quantitative estimate of drug-likeness (QED) is 0.530. The molecule has 5 aliphatic rings. The predicted molar refractivity (Wildman–Crippen MR) is 111 cm³/mol. The summed E-state index contributed by atoms with van der Waals surface area (Å²) in [6.07, 6.45) is -0.989. The molecular formula is C23H31NO9. The lowest BCUT2D eigenvalue weighted by Gasteiger charge is -2.19. The largest absolute Gasteiger partial charge is 0.377 e. The van der Waals surface area contributed by atoms with Gasteiger partial charge in [0.2, 0.25) is 0 Å². The van der Waals surface area contributed by atoms with Gasteiger partial charge in [0.15, 0.2) is 0 Å². The molecule has 0 radical (unpaired) electrons. The first-order valence-electron chi connectivity index (χ1n) is 11.8. The Morgan fingerprint density at radius 3 is 1.39 bits per heavy atom. The van der Waals surface area contributed by atoms with Crippen LogP contribution in [-0.4, -0.2) is 107 Å². The normalized spacial score (nSPS) is 42.1. The summed E-state index contributed by atoms with van der Waals surface area (Å²) in [5, 5.41) is 0. The maximum Gasteiger partial charge on any atom is 0.115 e. The molecule has 33 heavy (non-hydrogen) atoms. The van der Waals surface area contributed by atoms with Crippen molar-refractivity contribution in [1.29, 1.82) is 0 Å². The van der Waals surface area contributed by atoms with E-state index in [1.54, 1.807) is 0 Å². The number of hydrogen-bond donors (Lipinski definition) is 0. The van der Waals surface area contributed by atoms with Gasteiger partial charge in [-0.25, -0.2) is 0 Å². The van der Waals surface area contributed by atoms with Crippen molar-refractivity contribution >= 4 is 0 Å². The van der Waals surface area contributed by atoms with Crippen LogP contribution in [0.1, 0.15) is 11.4 Å². The highest BCUT2D eigenvalue weighted by Crippen LogP contribution is 2.32. The number of aromatic nitrogens is 1. The number of hydrogen-bond acceptors (Lipinski definition) is 10. The van der Waals surface area contributed by atoms with Crippen LogP contribution in [0.4, 0.5) is 0 Å². The van der Waals surface area contributed by atoms with Gasteiger partial charge < -0.3 is 42.6 Å². The Bertz CT molecular complexity index is 738. The standard InChI is InChI=1S/C23H31NO9/c1-2-14-8-28-18-12-32-20-16(10-30-22(18)20)26-6-4-25-5-7-27-17-11-31-23-19(13-33-21(17)23)29-9-15(3-1)24-14/h1-3,16-23H,4-13H2/t16-,17-,18-,19-,20-,21-,22-,23-/m1/s1. The zero-order chi connectivity index (χ0) is 22.0. The molecule has 6 rings (SSSR count). The van der Waals surface area contributed by atoms with Gasteiger partial charge in [-0.15, -0.1) is 0 Å². The Morgan fingerprint density at radius 1 is 0.515 bits per heavy atom. The fraction of sp³-hybridized carbons (Fsp3) is 0.783. The summed E-state index contributed by atoms with van der Waals surface area (Å²) in [4.78, 5) is 4.70. The maximum atomic E-state index is 6.12. The molecule has 0 saturated carbocycles. The second-order valence-electron chi connectivity index (χ2n) is 8.94. The molecule has 5 aliphatic heterocycles. The molecule has 4 fully saturated rings. The first-order chi connectivity index (χ1) is 16.3. The molecule has 0 amide bonds. The van der Waals surface area contributed by atoms with Crippen LogP contribution in [0.25, 0.3) is 0 Å². The molecule has 4 saturated heterocycles.